The van der Waals surface area contributed by atoms with Crippen LogP contribution in [0.15, 0.2) is 39.1 Å². The molecule has 0 amide bonds. The summed E-state index contributed by atoms with van der Waals surface area (Å²) in [6.07, 6.45) is 3.86. The van der Waals surface area contributed by atoms with Crippen molar-refractivity contribution in [3.05, 3.63) is 35.5 Å². The van der Waals surface area contributed by atoms with Crippen LogP contribution >= 0.6 is 0 Å². The largest absolute Gasteiger partial charge is 0.511 e. The van der Waals surface area contributed by atoms with Crippen molar-refractivity contribution >= 4 is 12.0 Å². The highest BCUT2D eigenvalue weighted by Crippen LogP contribution is 2.33. The first kappa shape index (κ1) is 18.8. The predicted molar refractivity (Wildman–Crippen MR) is 98.7 cm³/mol. The van der Waals surface area contributed by atoms with Crippen molar-refractivity contribution in [3.8, 4) is 0 Å². The van der Waals surface area contributed by atoms with Gasteiger partial charge in [0.15, 0.2) is 5.78 Å². The second-order valence-electron chi connectivity index (χ2n) is 6.85. The third-order valence-electron chi connectivity index (χ3n) is 5.08. The van der Waals surface area contributed by atoms with Crippen LogP contribution in [0, 0.1) is 0 Å². The molecule has 2 N–H and O–H groups in total. The van der Waals surface area contributed by atoms with E-state index >= 15 is 0 Å². The fourth-order valence-electron chi connectivity index (χ4n) is 3.51. The summed E-state index contributed by atoms with van der Waals surface area (Å²) in [6.45, 7) is 6.23. The van der Waals surface area contributed by atoms with E-state index in [0.717, 1.165) is 45.0 Å². The van der Waals surface area contributed by atoms with E-state index in [4.69, 9.17) is 9.52 Å². The molecule has 7 nitrogen and oxygen atoms in total. The molecule has 1 atom stereocenters. The number of carbonyl (C=O) groups is 1. The molecular weight excluding hydrogens is 334 g/mol. The molecule has 1 aromatic rings. The molecule has 0 spiro atoms. The van der Waals surface area contributed by atoms with Gasteiger partial charge in [0.05, 0.1) is 25.0 Å². The Balaban J connectivity index is 1.46. The number of aliphatic imine (C=N–C) groups is 1. The lowest BCUT2D eigenvalue weighted by molar-refractivity contribution is -0.116. The van der Waals surface area contributed by atoms with Crippen molar-refractivity contribution < 1.29 is 19.4 Å². The molecule has 2 heterocycles. The van der Waals surface area contributed by atoms with Gasteiger partial charge in [-0.05, 0) is 12.1 Å². The molecular formula is C19H27N3O4. The number of carbonyl (C=O) groups excluding carboxylic acids is 1. The Kier molecular flexibility index (Phi) is 6.60. The molecule has 1 fully saturated rings. The second-order valence-corrected chi connectivity index (χ2v) is 6.85. The maximum absolute atomic E-state index is 12.3. The molecule has 1 aliphatic carbocycles. The van der Waals surface area contributed by atoms with Gasteiger partial charge in [0, 0.05) is 64.2 Å². The molecule has 3 rings (SSSR count). The van der Waals surface area contributed by atoms with Crippen LogP contribution in [0.5, 0.6) is 0 Å². The number of furan rings is 1. The van der Waals surface area contributed by atoms with Crippen molar-refractivity contribution in [2.75, 3.05) is 52.4 Å². The Morgan fingerprint density at radius 1 is 1.19 bits per heavy atom. The predicted octanol–water partition coefficient (Wildman–Crippen LogP) is 1.22. The highest BCUT2D eigenvalue weighted by molar-refractivity contribution is 6.14. The first-order valence-electron chi connectivity index (χ1n) is 9.21. The lowest BCUT2D eigenvalue weighted by Crippen LogP contribution is -2.47. The number of rotatable bonds is 7. The standard InChI is InChI=1S/C19H27N3O4/c23-10-9-22-7-5-21(6-8-22)4-3-20-14-16-17(24)12-15(13-18(16)25)19-2-1-11-26-19/h1-2,11,14-15,23-24H,3-10,12-13H2. The van der Waals surface area contributed by atoms with Gasteiger partial charge in [-0.1, -0.05) is 0 Å². The van der Waals surface area contributed by atoms with Gasteiger partial charge in [0.25, 0.3) is 0 Å². The van der Waals surface area contributed by atoms with E-state index in [1.807, 2.05) is 6.07 Å². The van der Waals surface area contributed by atoms with Crippen molar-refractivity contribution in [2.45, 2.75) is 18.8 Å². The van der Waals surface area contributed by atoms with Crippen LogP contribution in [-0.4, -0.2) is 84.4 Å². The molecule has 7 heteroatoms. The number of aliphatic hydroxyl groups is 2. The monoisotopic (exact) mass is 361 g/mol. The van der Waals surface area contributed by atoms with Crippen LogP contribution in [0.4, 0.5) is 0 Å². The summed E-state index contributed by atoms with van der Waals surface area (Å²) in [6, 6.07) is 3.63. The quantitative estimate of drug-likeness (QED) is 0.710. The maximum atomic E-state index is 12.3. The zero-order valence-electron chi connectivity index (χ0n) is 15.0. The number of allylic oxidation sites excluding steroid dienone is 2. The minimum Gasteiger partial charge on any atom is -0.511 e. The van der Waals surface area contributed by atoms with E-state index in [1.165, 1.54) is 6.21 Å². The molecule has 0 radical (unpaired) electrons. The first-order chi connectivity index (χ1) is 12.7. The summed E-state index contributed by atoms with van der Waals surface area (Å²) in [5, 5.41) is 19.2. The fourth-order valence-corrected chi connectivity index (χ4v) is 3.51. The molecule has 0 saturated carbocycles. The van der Waals surface area contributed by atoms with Crippen LogP contribution in [0.3, 0.4) is 0 Å². The molecule has 1 saturated heterocycles. The molecule has 0 bridgehead atoms. The van der Waals surface area contributed by atoms with E-state index in [2.05, 4.69) is 14.8 Å². The number of β-amino-alcohol motifs (C(OH)–C–C–N with tert-alkyl or cyclic N) is 1. The minimum absolute atomic E-state index is 0.0866. The highest BCUT2D eigenvalue weighted by Gasteiger charge is 2.29. The summed E-state index contributed by atoms with van der Waals surface area (Å²) >= 11 is 0. The Labute approximate surface area is 153 Å². The Hall–Kier alpha value is -1.96. The topological polar surface area (TPSA) is 89.5 Å². The van der Waals surface area contributed by atoms with E-state index in [9.17, 15) is 9.90 Å². The number of hydrogen-bond acceptors (Lipinski definition) is 7. The van der Waals surface area contributed by atoms with Gasteiger partial charge < -0.3 is 14.6 Å². The molecule has 2 aliphatic rings. The van der Waals surface area contributed by atoms with Crippen LogP contribution in [0.25, 0.3) is 0 Å². The van der Waals surface area contributed by atoms with Crippen molar-refractivity contribution in [1.82, 2.24) is 9.80 Å². The van der Waals surface area contributed by atoms with Crippen LogP contribution < -0.4 is 0 Å². The van der Waals surface area contributed by atoms with E-state index in [-0.39, 0.29) is 24.1 Å². The van der Waals surface area contributed by atoms with Gasteiger partial charge in [-0.25, -0.2) is 0 Å². The van der Waals surface area contributed by atoms with Gasteiger partial charge in [-0.3, -0.25) is 19.6 Å². The van der Waals surface area contributed by atoms with Gasteiger partial charge in [0.1, 0.15) is 11.5 Å². The summed E-state index contributed by atoms with van der Waals surface area (Å²) in [4.78, 5) is 21.2. The lowest BCUT2D eigenvalue weighted by atomic mass is 9.86. The molecule has 1 aliphatic heterocycles. The summed E-state index contributed by atoms with van der Waals surface area (Å²) in [5.41, 5.74) is 0.334. The fraction of sp³-hybridized carbons (Fsp3) is 0.579. The van der Waals surface area contributed by atoms with E-state index in [1.54, 1.807) is 12.3 Å². The molecule has 1 unspecified atom stereocenters. The average Bonchev–Trinajstić information content (AvgIpc) is 3.16. The highest BCUT2D eigenvalue weighted by atomic mass is 16.3. The summed E-state index contributed by atoms with van der Waals surface area (Å²) in [5.74, 6) is 0.659. The number of Topliss-reactive ketones (excluding diaryl/α,β-unsaturated/α-hetero) is 1. The Bertz CT molecular complexity index is 646. The minimum atomic E-state index is -0.0927. The maximum Gasteiger partial charge on any atom is 0.168 e. The third-order valence-corrected chi connectivity index (χ3v) is 5.08. The molecule has 1 aromatic heterocycles. The third kappa shape index (κ3) is 4.81. The Morgan fingerprint density at radius 3 is 2.54 bits per heavy atom. The molecule has 0 aromatic carbocycles. The first-order valence-corrected chi connectivity index (χ1v) is 9.21. The summed E-state index contributed by atoms with van der Waals surface area (Å²) in [7, 11) is 0. The van der Waals surface area contributed by atoms with Gasteiger partial charge >= 0.3 is 0 Å². The van der Waals surface area contributed by atoms with E-state index in [0.29, 0.717) is 25.0 Å². The smallest absolute Gasteiger partial charge is 0.168 e. The van der Waals surface area contributed by atoms with Gasteiger partial charge in [-0.15, -0.1) is 0 Å². The van der Waals surface area contributed by atoms with Crippen LogP contribution in [-0.2, 0) is 4.79 Å². The number of hydrogen-bond donors (Lipinski definition) is 2. The van der Waals surface area contributed by atoms with Gasteiger partial charge in [0.2, 0.25) is 0 Å². The SMILES string of the molecule is O=C1CC(c2ccco2)CC(O)=C1C=NCCN1CCN(CCO)CC1. The van der Waals surface area contributed by atoms with E-state index < -0.39 is 0 Å². The lowest BCUT2D eigenvalue weighted by Gasteiger charge is -2.33. The number of piperazine rings is 1. The van der Waals surface area contributed by atoms with Crippen LogP contribution in [0.2, 0.25) is 0 Å². The molecule has 142 valence electrons. The normalized spacial score (nSPS) is 23.3. The van der Waals surface area contributed by atoms with Crippen molar-refractivity contribution in [1.29, 1.82) is 0 Å². The zero-order chi connectivity index (χ0) is 18.4. The number of aliphatic hydroxyl groups excluding tert-OH is 2. The number of nitrogens with zero attached hydrogens (tertiary/aromatic N) is 3. The Morgan fingerprint density at radius 2 is 1.92 bits per heavy atom. The average molecular weight is 361 g/mol. The number of ketones is 1. The molecule has 26 heavy (non-hydrogen) atoms. The van der Waals surface area contributed by atoms with Crippen molar-refractivity contribution in [2.24, 2.45) is 4.99 Å². The second kappa shape index (κ2) is 9.12. The van der Waals surface area contributed by atoms with Gasteiger partial charge in [-0.2, -0.15) is 0 Å². The van der Waals surface area contributed by atoms with Crippen molar-refractivity contribution in [3.63, 3.8) is 0 Å². The summed E-state index contributed by atoms with van der Waals surface area (Å²) < 4.78 is 5.35. The zero-order valence-corrected chi connectivity index (χ0v) is 15.0. The van der Waals surface area contributed by atoms with Crippen LogP contribution in [0.1, 0.15) is 24.5 Å².